The van der Waals surface area contributed by atoms with Gasteiger partial charge in [0, 0.05) is 14.3 Å². The minimum absolute atomic E-state index is 0.0465. The van der Waals surface area contributed by atoms with Gasteiger partial charge in [-0.05, 0) is 19.4 Å². The lowest BCUT2D eigenvalue weighted by molar-refractivity contribution is -0.155. The lowest BCUT2D eigenvalue weighted by Crippen LogP contribution is -2.54. The fourth-order valence-electron chi connectivity index (χ4n) is 1.51. The number of hydrogen-bond donors (Lipinski definition) is 1. The van der Waals surface area contributed by atoms with E-state index in [1.165, 1.54) is 6.42 Å². The van der Waals surface area contributed by atoms with E-state index in [0.717, 1.165) is 26.0 Å². The SMILES string of the molecule is [2H][C@H]1CC[C@@]2(CCO2)CN1. The minimum Gasteiger partial charge on any atom is -0.373 e. The fraction of sp³-hybridized carbons (Fsp3) is 1.00. The van der Waals surface area contributed by atoms with Crippen molar-refractivity contribution in [2.45, 2.75) is 24.9 Å². The Morgan fingerprint density at radius 3 is 2.89 bits per heavy atom. The third kappa shape index (κ3) is 0.864. The van der Waals surface area contributed by atoms with Crippen LogP contribution in [0.5, 0.6) is 0 Å². The molecule has 2 fully saturated rings. The van der Waals surface area contributed by atoms with Crippen molar-refractivity contribution in [3.63, 3.8) is 0 Å². The third-order valence-corrected chi connectivity index (χ3v) is 2.28. The first-order chi connectivity index (χ1) is 4.81. The van der Waals surface area contributed by atoms with Crippen LogP contribution in [0.3, 0.4) is 0 Å². The molecule has 2 heterocycles. The van der Waals surface area contributed by atoms with Crippen molar-refractivity contribution in [3.8, 4) is 0 Å². The molecule has 0 saturated carbocycles. The Kier molecular flexibility index (Phi) is 1.02. The zero-order valence-electron chi connectivity index (χ0n) is 6.52. The predicted molar refractivity (Wildman–Crippen MR) is 35.4 cm³/mol. The summed E-state index contributed by atoms with van der Waals surface area (Å²) < 4.78 is 12.8. The number of piperidine rings is 1. The second kappa shape index (κ2) is 1.96. The smallest absolute Gasteiger partial charge is 0.0828 e. The number of nitrogens with one attached hydrogen (secondary N) is 1. The topological polar surface area (TPSA) is 21.3 Å². The maximum absolute atomic E-state index is 7.38. The van der Waals surface area contributed by atoms with E-state index >= 15 is 0 Å². The van der Waals surface area contributed by atoms with Crippen molar-refractivity contribution in [3.05, 3.63) is 0 Å². The number of rotatable bonds is 0. The van der Waals surface area contributed by atoms with E-state index in [-0.39, 0.29) is 12.1 Å². The maximum atomic E-state index is 7.38. The molecule has 2 aliphatic rings. The van der Waals surface area contributed by atoms with Crippen LogP contribution in [0.25, 0.3) is 0 Å². The first-order valence-corrected chi connectivity index (χ1v) is 3.60. The van der Waals surface area contributed by atoms with E-state index in [1.54, 1.807) is 0 Å². The van der Waals surface area contributed by atoms with Crippen LogP contribution in [0, 0.1) is 0 Å². The van der Waals surface area contributed by atoms with Crippen LogP contribution >= 0.6 is 0 Å². The summed E-state index contributed by atoms with van der Waals surface area (Å²) in [5, 5.41) is 3.12. The van der Waals surface area contributed by atoms with Gasteiger partial charge in [-0.2, -0.15) is 0 Å². The highest BCUT2D eigenvalue weighted by Gasteiger charge is 2.38. The second-order valence-corrected chi connectivity index (χ2v) is 2.91. The van der Waals surface area contributed by atoms with Gasteiger partial charge >= 0.3 is 0 Å². The maximum Gasteiger partial charge on any atom is 0.0828 e. The van der Waals surface area contributed by atoms with Gasteiger partial charge in [0.2, 0.25) is 0 Å². The van der Waals surface area contributed by atoms with Gasteiger partial charge in [-0.25, -0.2) is 0 Å². The van der Waals surface area contributed by atoms with E-state index in [4.69, 9.17) is 6.11 Å². The van der Waals surface area contributed by atoms with Crippen molar-refractivity contribution in [1.29, 1.82) is 0 Å². The van der Waals surface area contributed by atoms with Crippen LogP contribution in [-0.2, 0) is 4.74 Å². The molecule has 1 N–H and O–H groups in total. The molecule has 9 heavy (non-hydrogen) atoms. The molecular weight excluding hydrogens is 114 g/mol. The molecule has 0 bridgehead atoms. The Morgan fingerprint density at radius 1 is 1.56 bits per heavy atom. The molecular formula is C7H13NO. The first kappa shape index (κ1) is 4.69. The normalized spacial score (nSPS) is 52.4. The van der Waals surface area contributed by atoms with Gasteiger partial charge in [0.1, 0.15) is 0 Å². The van der Waals surface area contributed by atoms with Crippen molar-refractivity contribution in [2.24, 2.45) is 0 Å². The van der Waals surface area contributed by atoms with Crippen molar-refractivity contribution in [2.75, 3.05) is 19.7 Å². The Bertz CT molecular complexity index is 126. The van der Waals surface area contributed by atoms with Crippen LogP contribution < -0.4 is 5.32 Å². The molecule has 0 aromatic carbocycles. The molecule has 0 aliphatic carbocycles. The Labute approximate surface area is 57.0 Å². The fourth-order valence-corrected chi connectivity index (χ4v) is 1.51. The quantitative estimate of drug-likeness (QED) is 0.514. The zero-order chi connectivity index (χ0) is 7.03. The first-order valence-electron chi connectivity index (χ1n) is 4.18. The second-order valence-electron chi connectivity index (χ2n) is 2.91. The lowest BCUT2D eigenvalue weighted by Gasteiger charge is -2.44. The predicted octanol–water partition coefficient (Wildman–Crippen LogP) is 0.529. The number of ether oxygens (including phenoxy) is 1. The highest BCUT2D eigenvalue weighted by molar-refractivity contribution is 4.92. The molecule has 2 saturated heterocycles. The molecule has 52 valence electrons. The molecule has 0 amide bonds. The Hall–Kier alpha value is -0.0800. The molecule has 2 heteroatoms. The van der Waals surface area contributed by atoms with Crippen molar-refractivity contribution >= 4 is 0 Å². The summed E-state index contributed by atoms with van der Waals surface area (Å²) in [6.45, 7) is 1.76. The average Bonchev–Trinajstić information content (AvgIpc) is 1.86. The summed E-state index contributed by atoms with van der Waals surface area (Å²) >= 11 is 0. The monoisotopic (exact) mass is 128 g/mol. The molecule has 2 nitrogen and oxygen atoms in total. The van der Waals surface area contributed by atoms with Gasteiger partial charge in [-0.3, -0.25) is 0 Å². The third-order valence-electron chi connectivity index (χ3n) is 2.28. The molecule has 0 aromatic heterocycles. The van der Waals surface area contributed by atoms with Gasteiger partial charge in [0.25, 0.3) is 0 Å². The molecule has 0 aromatic rings. The van der Waals surface area contributed by atoms with E-state index in [1.807, 2.05) is 0 Å². The summed E-state index contributed by atoms with van der Waals surface area (Å²) in [6.07, 6.45) is 3.21. The highest BCUT2D eigenvalue weighted by Crippen LogP contribution is 2.32. The highest BCUT2D eigenvalue weighted by atomic mass is 16.5. The van der Waals surface area contributed by atoms with E-state index in [2.05, 4.69) is 5.32 Å². The van der Waals surface area contributed by atoms with Crippen LogP contribution in [-0.4, -0.2) is 25.3 Å². The number of hydrogen-bond acceptors (Lipinski definition) is 2. The molecule has 2 aliphatic heterocycles. The summed E-state index contributed by atoms with van der Waals surface area (Å²) in [4.78, 5) is 0. The van der Waals surface area contributed by atoms with Crippen LogP contribution in [0.1, 0.15) is 20.6 Å². The average molecular weight is 128 g/mol. The lowest BCUT2D eigenvalue weighted by atomic mass is 9.87. The summed E-state index contributed by atoms with van der Waals surface area (Å²) in [6, 6.07) is 0. The summed E-state index contributed by atoms with van der Waals surface area (Å²) in [5.41, 5.74) is 0.150. The Morgan fingerprint density at radius 2 is 2.44 bits per heavy atom. The van der Waals surface area contributed by atoms with Crippen molar-refractivity contribution < 1.29 is 6.11 Å². The molecule has 0 unspecified atom stereocenters. The van der Waals surface area contributed by atoms with Crippen LogP contribution in [0.15, 0.2) is 0 Å². The largest absolute Gasteiger partial charge is 0.373 e. The minimum atomic E-state index is -0.0465. The van der Waals surface area contributed by atoms with Crippen LogP contribution in [0.2, 0.25) is 0 Å². The zero-order valence-corrected chi connectivity index (χ0v) is 5.52. The van der Waals surface area contributed by atoms with Gasteiger partial charge < -0.3 is 10.1 Å². The molecule has 2 rings (SSSR count). The van der Waals surface area contributed by atoms with Gasteiger partial charge in [0.05, 0.1) is 12.2 Å². The van der Waals surface area contributed by atoms with Gasteiger partial charge in [-0.1, -0.05) is 0 Å². The van der Waals surface area contributed by atoms with E-state index in [0.29, 0.717) is 0 Å². The molecule has 0 radical (unpaired) electrons. The van der Waals surface area contributed by atoms with E-state index in [9.17, 15) is 0 Å². The molecule has 2 atom stereocenters. The summed E-state index contributed by atoms with van der Waals surface area (Å²) in [7, 11) is 0. The standard InChI is InChI=1S/C7H13NO/c1-2-7(3-5-9-7)6-8-4-1/h8H,1-6H2/t7-/m1/s1/i4D/t4-,7+/m0. The van der Waals surface area contributed by atoms with Crippen LogP contribution in [0.4, 0.5) is 0 Å². The van der Waals surface area contributed by atoms with Gasteiger partial charge in [-0.15, -0.1) is 0 Å². The summed E-state index contributed by atoms with van der Waals surface area (Å²) in [5.74, 6) is 0. The van der Waals surface area contributed by atoms with E-state index < -0.39 is 0 Å². The van der Waals surface area contributed by atoms with Crippen molar-refractivity contribution in [1.82, 2.24) is 5.32 Å². The van der Waals surface area contributed by atoms with Gasteiger partial charge in [0.15, 0.2) is 0 Å². The molecule has 1 spiro atoms. The Balaban J connectivity index is 1.90.